The van der Waals surface area contributed by atoms with Crippen LogP contribution in [-0.2, 0) is 6.42 Å². The van der Waals surface area contributed by atoms with Crippen LogP contribution in [0.3, 0.4) is 0 Å². The molecular weight excluding hydrogens is 210 g/mol. The summed E-state index contributed by atoms with van der Waals surface area (Å²) in [6.45, 7) is 0. The maximum absolute atomic E-state index is 10.8. The van der Waals surface area contributed by atoms with Crippen LogP contribution < -0.4 is 0 Å². The van der Waals surface area contributed by atoms with Crippen molar-refractivity contribution in [2.45, 2.75) is 32.1 Å². The quantitative estimate of drug-likeness (QED) is 0.405. The molecule has 1 rings (SSSR count). The van der Waals surface area contributed by atoms with Crippen LogP contribution in [0.4, 0.5) is 0 Å². The molecule has 0 N–H and O–H groups in total. The van der Waals surface area contributed by atoms with Gasteiger partial charge in [0.1, 0.15) is 6.29 Å². The van der Waals surface area contributed by atoms with E-state index in [0.29, 0.717) is 0 Å². The van der Waals surface area contributed by atoms with E-state index in [9.17, 15) is 4.79 Å². The van der Waals surface area contributed by atoms with Crippen molar-refractivity contribution in [1.82, 2.24) is 0 Å². The van der Waals surface area contributed by atoms with Gasteiger partial charge in [-0.1, -0.05) is 36.8 Å². The lowest BCUT2D eigenvalue weighted by atomic mass is 10.0. The van der Waals surface area contributed by atoms with Crippen LogP contribution in [0.5, 0.6) is 0 Å². The molecular formula is C15H17NO. The van der Waals surface area contributed by atoms with Gasteiger partial charge in [0, 0.05) is 11.6 Å². The first-order valence-electron chi connectivity index (χ1n) is 5.96. The number of hydrogen-bond acceptors (Lipinski definition) is 2. The predicted molar refractivity (Wildman–Crippen MR) is 68.8 cm³/mol. The van der Waals surface area contributed by atoms with Gasteiger partial charge in [0.15, 0.2) is 0 Å². The molecule has 1 aromatic rings. The molecule has 2 heteroatoms. The van der Waals surface area contributed by atoms with Crippen LogP contribution in [0.25, 0.3) is 0 Å². The number of aryl methyl sites for hydroxylation is 1. The molecule has 0 bridgehead atoms. The van der Waals surface area contributed by atoms with Crippen molar-refractivity contribution in [3.05, 3.63) is 47.5 Å². The highest BCUT2D eigenvalue weighted by Gasteiger charge is 1.99. The first-order valence-corrected chi connectivity index (χ1v) is 5.96. The van der Waals surface area contributed by atoms with E-state index in [0.717, 1.165) is 49.5 Å². The molecule has 0 aliphatic rings. The largest absolute Gasteiger partial charge is 0.298 e. The Morgan fingerprint density at radius 3 is 2.76 bits per heavy atom. The van der Waals surface area contributed by atoms with Crippen LogP contribution in [0.15, 0.2) is 36.4 Å². The summed E-state index contributed by atoms with van der Waals surface area (Å²) in [4.78, 5) is 10.8. The van der Waals surface area contributed by atoms with Gasteiger partial charge < -0.3 is 0 Å². The van der Waals surface area contributed by atoms with Crippen molar-refractivity contribution in [3.8, 4) is 6.07 Å². The maximum atomic E-state index is 10.8. The van der Waals surface area contributed by atoms with E-state index in [4.69, 9.17) is 5.26 Å². The molecule has 0 atom stereocenters. The van der Waals surface area contributed by atoms with E-state index >= 15 is 0 Å². The van der Waals surface area contributed by atoms with Crippen molar-refractivity contribution in [2.24, 2.45) is 0 Å². The van der Waals surface area contributed by atoms with Crippen molar-refractivity contribution in [2.75, 3.05) is 0 Å². The molecule has 0 aliphatic heterocycles. The Labute approximate surface area is 103 Å². The normalized spacial score (nSPS) is 10.3. The minimum atomic E-state index is 0.803. The van der Waals surface area contributed by atoms with Gasteiger partial charge in [-0.2, -0.15) is 5.26 Å². The Bertz CT molecular complexity index is 415. The van der Waals surface area contributed by atoms with Gasteiger partial charge in [-0.3, -0.25) is 4.79 Å². The van der Waals surface area contributed by atoms with Gasteiger partial charge in [0.2, 0.25) is 0 Å². The number of carbonyl (C=O) groups excluding carboxylic acids is 1. The zero-order valence-electron chi connectivity index (χ0n) is 9.93. The zero-order chi connectivity index (χ0) is 12.3. The van der Waals surface area contributed by atoms with Crippen molar-refractivity contribution >= 4 is 6.29 Å². The van der Waals surface area contributed by atoms with Gasteiger partial charge in [0.05, 0.1) is 6.07 Å². The third-order valence-corrected chi connectivity index (χ3v) is 2.69. The second-order valence-electron chi connectivity index (χ2n) is 3.95. The van der Waals surface area contributed by atoms with Crippen LogP contribution in [0.1, 0.15) is 41.6 Å². The predicted octanol–water partition coefficient (Wildman–Crippen LogP) is 3.68. The van der Waals surface area contributed by atoms with E-state index in [1.165, 1.54) is 6.08 Å². The Kier molecular flexibility index (Phi) is 6.43. The molecule has 0 fully saturated rings. The number of allylic oxidation sites excluding steroid dienone is 2. The van der Waals surface area contributed by atoms with E-state index in [1.54, 1.807) is 0 Å². The van der Waals surface area contributed by atoms with E-state index in [2.05, 4.69) is 0 Å². The molecule has 0 heterocycles. The van der Waals surface area contributed by atoms with Crippen LogP contribution in [0, 0.1) is 11.3 Å². The van der Waals surface area contributed by atoms with Gasteiger partial charge in [0.25, 0.3) is 0 Å². The van der Waals surface area contributed by atoms with Crippen LogP contribution in [-0.4, -0.2) is 6.29 Å². The smallest absolute Gasteiger partial charge is 0.150 e. The minimum absolute atomic E-state index is 0.803. The number of nitrogens with zero attached hydrogens (tertiary/aromatic N) is 1. The van der Waals surface area contributed by atoms with Gasteiger partial charge in [-0.25, -0.2) is 0 Å². The Morgan fingerprint density at radius 2 is 2.00 bits per heavy atom. The van der Waals surface area contributed by atoms with Crippen LogP contribution >= 0.6 is 0 Å². The lowest BCUT2D eigenvalue weighted by molar-refractivity contribution is 0.112. The highest BCUT2D eigenvalue weighted by Crippen LogP contribution is 2.11. The topological polar surface area (TPSA) is 40.9 Å². The van der Waals surface area contributed by atoms with Crippen LogP contribution in [0.2, 0.25) is 0 Å². The average molecular weight is 227 g/mol. The zero-order valence-corrected chi connectivity index (χ0v) is 9.93. The summed E-state index contributed by atoms with van der Waals surface area (Å²) >= 11 is 0. The molecule has 0 unspecified atom stereocenters. The second kappa shape index (κ2) is 8.29. The Hall–Kier alpha value is -1.88. The first kappa shape index (κ1) is 13.2. The average Bonchev–Trinajstić information content (AvgIpc) is 2.38. The van der Waals surface area contributed by atoms with E-state index < -0.39 is 0 Å². The van der Waals surface area contributed by atoms with Crippen molar-refractivity contribution < 1.29 is 4.79 Å². The summed E-state index contributed by atoms with van der Waals surface area (Å²) in [6, 6.07) is 9.71. The number of rotatable bonds is 7. The lowest BCUT2D eigenvalue weighted by Crippen LogP contribution is -1.92. The standard InChI is InChI=1S/C15H17NO/c16-12-8-4-2-1-3-5-9-14-10-6-7-11-15(14)13-17/h4,6-8,10-11,13H,1-3,5,9H2/b8-4+. The molecule has 0 aromatic heterocycles. The molecule has 88 valence electrons. The Morgan fingerprint density at radius 1 is 1.18 bits per heavy atom. The van der Waals surface area contributed by atoms with Crippen molar-refractivity contribution in [1.29, 1.82) is 5.26 Å². The summed E-state index contributed by atoms with van der Waals surface area (Å²) in [5.41, 5.74) is 1.94. The third kappa shape index (κ3) is 5.12. The highest BCUT2D eigenvalue weighted by atomic mass is 16.1. The number of benzene rings is 1. The molecule has 0 saturated heterocycles. The van der Waals surface area contributed by atoms with Gasteiger partial charge in [-0.15, -0.1) is 0 Å². The lowest BCUT2D eigenvalue weighted by Gasteiger charge is -2.03. The highest BCUT2D eigenvalue weighted by molar-refractivity contribution is 5.77. The summed E-state index contributed by atoms with van der Waals surface area (Å²) in [6.07, 6.45) is 9.58. The maximum Gasteiger partial charge on any atom is 0.150 e. The summed E-state index contributed by atoms with van der Waals surface area (Å²) < 4.78 is 0. The minimum Gasteiger partial charge on any atom is -0.298 e. The molecule has 0 spiro atoms. The van der Waals surface area contributed by atoms with E-state index in [1.807, 2.05) is 36.4 Å². The molecule has 2 nitrogen and oxygen atoms in total. The molecule has 0 radical (unpaired) electrons. The number of carbonyl (C=O) groups is 1. The van der Waals surface area contributed by atoms with Gasteiger partial charge in [-0.05, 0) is 31.2 Å². The fraction of sp³-hybridized carbons (Fsp3) is 0.333. The Balaban J connectivity index is 2.24. The SMILES string of the molecule is N#C/C=C/CCCCCc1ccccc1C=O. The van der Waals surface area contributed by atoms with Crippen molar-refractivity contribution in [3.63, 3.8) is 0 Å². The summed E-state index contributed by atoms with van der Waals surface area (Å²) in [5, 5.41) is 8.31. The first-order chi connectivity index (χ1) is 8.38. The molecule has 0 aliphatic carbocycles. The third-order valence-electron chi connectivity index (χ3n) is 2.69. The molecule has 17 heavy (non-hydrogen) atoms. The fourth-order valence-electron chi connectivity index (χ4n) is 1.77. The fourth-order valence-corrected chi connectivity index (χ4v) is 1.77. The monoisotopic (exact) mass is 227 g/mol. The van der Waals surface area contributed by atoms with Gasteiger partial charge >= 0.3 is 0 Å². The second-order valence-corrected chi connectivity index (χ2v) is 3.95. The molecule has 0 amide bonds. The number of hydrogen-bond donors (Lipinski definition) is 0. The summed E-state index contributed by atoms with van der Waals surface area (Å²) in [7, 11) is 0. The number of aldehydes is 1. The summed E-state index contributed by atoms with van der Waals surface area (Å²) in [5.74, 6) is 0. The number of nitriles is 1. The molecule has 0 saturated carbocycles. The van der Waals surface area contributed by atoms with E-state index in [-0.39, 0.29) is 0 Å². The molecule has 1 aromatic carbocycles. The number of unbranched alkanes of at least 4 members (excludes halogenated alkanes) is 3.